The molecular formula is C13H18O2. The smallest absolute Gasteiger partial charge is 0.119 e. The van der Waals surface area contributed by atoms with Crippen LogP contribution in [0.5, 0.6) is 5.75 Å². The molecule has 0 bridgehead atoms. The Bertz CT molecular complexity index is 358. The number of fused-ring (bicyclic) bond motifs is 1. The maximum Gasteiger partial charge on any atom is 0.119 e. The molecule has 0 spiro atoms. The Balaban J connectivity index is 2.48. The van der Waals surface area contributed by atoms with Crippen molar-refractivity contribution in [2.75, 3.05) is 6.61 Å². The van der Waals surface area contributed by atoms with E-state index in [0.717, 1.165) is 24.8 Å². The molecule has 1 unspecified atom stereocenters. The lowest BCUT2D eigenvalue weighted by Gasteiger charge is -2.23. The van der Waals surface area contributed by atoms with Crippen LogP contribution in [-0.2, 0) is 12.8 Å². The second kappa shape index (κ2) is 4.23. The number of rotatable bonds is 2. The third-order valence-electron chi connectivity index (χ3n) is 3.35. The van der Waals surface area contributed by atoms with Gasteiger partial charge in [-0.3, -0.25) is 0 Å². The Morgan fingerprint density at radius 2 is 1.87 bits per heavy atom. The van der Waals surface area contributed by atoms with Crippen molar-refractivity contribution in [2.24, 2.45) is 0 Å². The Morgan fingerprint density at radius 1 is 1.20 bits per heavy atom. The van der Waals surface area contributed by atoms with Crippen LogP contribution in [0.1, 0.15) is 42.4 Å². The van der Waals surface area contributed by atoms with Crippen molar-refractivity contribution in [3.8, 4) is 5.75 Å². The third-order valence-corrected chi connectivity index (χ3v) is 3.35. The highest BCUT2D eigenvalue weighted by Gasteiger charge is 2.19. The minimum absolute atomic E-state index is 0.178. The number of benzene rings is 1. The zero-order valence-corrected chi connectivity index (χ0v) is 9.16. The van der Waals surface area contributed by atoms with Crippen LogP contribution >= 0.6 is 0 Å². The van der Waals surface area contributed by atoms with Gasteiger partial charge in [0, 0.05) is 12.5 Å². The van der Waals surface area contributed by atoms with Crippen LogP contribution in [0.3, 0.4) is 0 Å². The summed E-state index contributed by atoms with van der Waals surface area (Å²) in [6.45, 7) is 2.21. The quantitative estimate of drug-likeness (QED) is 0.780. The molecule has 1 aliphatic carbocycles. The van der Waals surface area contributed by atoms with Gasteiger partial charge in [-0.05, 0) is 48.4 Å². The summed E-state index contributed by atoms with van der Waals surface area (Å²) in [7, 11) is 0. The van der Waals surface area contributed by atoms with Crippen LogP contribution in [0.4, 0.5) is 0 Å². The summed E-state index contributed by atoms with van der Waals surface area (Å²) in [4.78, 5) is 0. The van der Waals surface area contributed by atoms with E-state index in [1.165, 1.54) is 17.5 Å². The van der Waals surface area contributed by atoms with Crippen LogP contribution in [0, 0.1) is 0 Å². The van der Waals surface area contributed by atoms with Crippen molar-refractivity contribution in [2.45, 2.75) is 38.5 Å². The van der Waals surface area contributed by atoms with Gasteiger partial charge >= 0.3 is 0 Å². The molecule has 0 radical (unpaired) electrons. The predicted molar refractivity (Wildman–Crippen MR) is 60.2 cm³/mol. The molecule has 0 heterocycles. The first-order valence-electron chi connectivity index (χ1n) is 5.68. The normalized spacial score (nSPS) is 17.2. The molecule has 15 heavy (non-hydrogen) atoms. The number of phenols is 1. The molecule has 1 aromatic carbocycles. The van der Waals surface area contributed by atoms with E-state index in [2.05, 4.69) is 0 Å². The van der Waals surface area contributed by atoms with Gasteiger partial charge in [0.15, 0.2) is 0 Å². The molecule has 0 amide bonds. The molecule has 1 aliphatic rings. The molecule has 2 rings (SSSR count). The van der Waals surface area contributed by atoms with E-state index < -0.39 is 0 Å². The van der Waals surface area contributed by atoms with Crippen molar-refractivity contribution < 1.29 is 10.2 Å². The maximum atomic E-state index is 9.77. The molecule has 0 fully saturated rings. The molecule has 0 aromatic heterocycles. The highest BCUT2D eigenvalue weighted by Crippen LogP contribution is 2.34. The molecule has 82 valence electrons. The van der Waals surface area contributed by atoms with Gasteiger partial charge < -0.3 is 10.2 Å². The molecule has 2 N–H and O–H groups in total. The van der Waals surface area contributed by atoms with Gasteiger partial charge in [-0.25, -0.2) is 0 Å². The minimum Gasteiger partial charge on any atom is -0.508 e. The van der Waals surface area contributed by atoms with Crippen LogP contribution in [-0.4, -0.2) is 16.8 Å². The summed E-state index contributed by atoms with van der Waals surface area (Å²) < 4.78 is 0. The van der Waals surface area contributed by atoms with Gasteiger partial charge in [0.05, 0.1) is 0 Å². The molecule has 1 atom stereocenters. The van der Waals surface area contributed by atoms with E-state index in [1.54, 1.807) is 6.07 Å². The van der Waals surface area contributed by atoms with Crippen molar-refractivity contribution in [1.82, 2.24) is 0 Å². The fourth-order valence-corrected chi connectivity index (χ4v) is 2.44. The first kappa shape index (κ1) is 10.5. The summed E-state index contributed by atoms with van der Waals surface area (Å²) in [5.41, 5.74) is 3.60. The lowest BCUT2D eigenvalue weighted by Crippen LogP contribution is -2.10. The van der Waals surface area contributed by atoms with E-state index in [1.807, 2.05) is 13.0 Å². The van der Waals surface area contributed by atoms with E-state index in [-0.39, 0.29) is 12.5 Å². The number of aliphatic hydroxyl groups excluding tert-OH is 1. The second-order valence-corrected chi connectivity index (χ2v) is 4.42. The highest BCUT2D eigenvalue weighted by molar-refractivity contribution is 5.47. The Kier molecular flexibility index (Phi) is 2.96. The van der Waals surface area contributed by atoms with Gasteiger partial charge in [-0.2, -0.15) is 0 Å². The molecule has 2 heteroatoms. The number of aromatic hydroxyl groups is 1. The fraction of sp³-hybridized carbons (Fsp3) is 0.538. The fourth-order valence-electron chi connectivity index (χ4n) is 2.44. The number of hydrogen-bond acceptors (Lipinski definition) is 2. The van der Waals surface area contributed by atoms with Gasteiger partial charge in [-0.15, -0.1) is 0 Å². The van der Waals surface area contributed by atoms with Crippen molar-refractivity contribution in [3.63, 3.8) is 0 Å². The van der Waals surface area contributed by atoms with E-state index >= 15 is 0 Å². The summed E-state index contributed by atoms with van der Waals surface area (Å²) in [5, 5.41) is 19.0. The van der Waals surface area contributed by atoms with Crippen LogP contribution in [0.15, 0.2) is 12.1 Å². The molecule has 0 saturated heterocycles. The molecule has 0 aliphatic heterocycles. The Hall–Kier alpha value is -1.02. The maximum absolute atomic E-state index is 9.77. The zero-order chi connectivity index (χ0) is 10.8. The summed E-state index contributed by atoms with van der Waals surface area (Å²) in [6.07, 6.45) is 4.38. The third kappa shape index (κ3) is 1.86. The Labute approximate surface area is 90.6 Å². The van der Waals surface area contributed by atoms with Gasteiger partial charge in [0.25, 0.3) is 0 Å². The molecular weight excluding hydrogens is 188 g/mol. The largest absolute Gasteiger partial charge is 0.508 e. The van der Waals surface area contributed by atoms with Crippen LogP contribution in [0.25, 0.3) is 0 Å². The summed E-state index contributed by atoms with van der Waals surface area (Å²) in [6, 6.07) is 3.73. The van der Waals surface area contributed by atoms with E-state index in [0.29, 0.717) is 5.75 Å². The SMILES string of the molecule is CC(CO)c1ccc(O)c2c1CCCC2. The number of phenolic OH excluding ortho intramolecular Hbond substituents is 1. The average molecular weight is 206 g/mol. The average Bonchev–Trinajstić information content (AvgIpc) is 2.29. The zero-order valence-electron chi connectivity index (χ0n) is 9.16. The minimum atomic E-state index is 0.178. The van der Waals surface area contributed by atoms with E-state index in [9.17, 15) is 10.2 Å². The topological polar surface area (TPSA) is 40.5 Å². The first-order chi connectivity index (χ1) is 7.24. The lowest BCUT2D eigenvalue weighted by atomic mass is 9.84. The van der Waals surface area contributed by atoms with Crippen LogP contribution < -0.4 is 0 Å². The first-order valence-corrected chi connectivity index (χ1v) is 5.68. The molecule has 1 aromatic rings. The van der Waals surface area contributed by atoms with Gasteiger partial charge in [-0.1, -0.05) is 13.0 Å². The highest BCUT2D eigenvalue weighted by atomic mass is 16.3. The van der Waals surface area contributed by atoms with E-state index in [4.69, 9.17) is 0 Å². The van der Waals surface area contributed by atoms with Crippen LogP contribution in [0.2, 0.25) is 0 Å². The monoisotopic (exact) mass is 206 g/mol. The predicted octanol–water partition coefficient (Wildman–Crippen LogP) is 2.37. The number of hydrogen-bond donors (Lipinski definition) is 2. The molecule has 2 nitrogen and oxygen atoms in total. The van der Waals surface area contributed by atoms with Crippen molar-refractivity contribution >= 4 is 0 Å². The van der Waals surface area contributed by atoms with Crippen molar-refractivity contribution in [3.05, 3.63) is 28.8 Å². The van der Waals surface area contributed by atoms with Gasteiger partial charge in [0.2, 0.25) is 0 Å². The second-order valence-electron chi connectivity index (χ2n) is 4.42. The Morgan fingerprint density at radius 3 is 2.53 bits per heavy atom. The number of aliphatic hydroxyl groups is 1. The standard InChI is InChI=1S/C13H18O2/c1-9(8-14)10-6-7-13(15)12-5-3-2-4-11(10)12/h6-7,9,14-15H,2-5,8H2,1H3. The van der Waals surface area contributed by atoms with Crippen molar-refractivity contribution in [1.29, 1.82) is 0 Å². The summed E-state index contributed by atoms with van der Waals surface area (Å²) in [5.74, 6) is 0.607. The molecule has 0 saturated carbocycles. The summed E-state index contributed by atoms with van der Waals surface area (Å²) >= 11 is 0. The lowest BCUT2D eigenvalue weighted by molar-refractivity contribution is 0.272. The van der Waals surface area contributed by atoms with Gasteiger partial charge in [0.1, 0.15) is 5.75 Å².